The molecule has 0 spiro atoms. The monoisotopic (exact) mass is 417 g/mol. The van der Waals surface area contributed by atoms with Crippen LogP contribution in [-0.4, -0.2) is 51.6 Å². The van der Waals surface area contributed by atoms with E-state index < -0.39 is 6.10 Å². The van der Waals surface area contributed by atoms with E-state index in [1.165, 1.54) is 6.33 Å². The van der Waals surface area contributed by atoms with Gasteiger partial charge in [0.1, 0.15) is 24.0 Å². The molecule has 2 atom stereocenters. The second-order valence-corrected chi connectivity index (χ2v) is 7.68. The molecule has 2 N–H and O–H groups in total. The van der Waals surface area contributed by atoms with Gasteiger partial charge in [-0.3, -0.25) is 4.79 Å². The summed E-state index contributed by atoms with van der Waals surface area (Å²) in [6.07, 6.45) is 0.849. The van der Waals surface area contributed by atoms with E-state index in [4.69, 9.17) is 0 Å². The summed E-state index contributed by atoms with van der Waals surface area (Å²) in [5, 5.41) is 13.5. The van der Waals surface area contributed by atoms with Gasteiger partial charge in [-0.15, -0.1) is 0 Å². The minimum Gasteiger partial charge on any atom is -0.387 e. The van der Waals surface area contributed by atoms with Crippen LogP contribution in [0, 0.1) is 0 Å². The molecule has 4 rings (SSSR count). The molecule has 2 aromatic carbocycles. The molecule has 0 bridgehead atoms. The van der Waals surface area contributed by atoms with Gasteiger partial charge in [0.25, 0.3) is 0 Å². The molecule has 1 aliphatic rings. The second-order valence-electron chi connectivity index (χ2n) is 7.68. The molecule has 7 nitrogen and oxygen atoms in total. The first-order valence-electron chi connectivity index (χ1n) is 10.5. The van der Waals surface area contributed by atoms with Gasteiger partial charge in [0.05, 0.1) is 6.10 Å². The maximum atomic E-state index is 13.0. The minimum atomic E-state index is -0.637. The number of hydrogen-bond acceptors (Lipinski definition) is 6. The van der Waals surface area contributed by atoms with Crippen LogP contribution in [0.25, 0.3) is 0 Å². The Bertz CT molecular complexity index is 999. The summed E-state index contributed by atoms with van der Waals surface area (Å²) in [5.74, 6) is 1.40. The second kappa shape index (κ2) is 9.57. The van der Waals surface area contributed by atoms with E-state index in [9.17, 15) is 9.90 Å². The molecule has 2 heterocycles. The lowest BCUT2D eigenvalue weighted by molar-refractivity contribution is -0.134. The number of nitrogens with one attached hydrogen (secondary N) is 1. The van der Waals surface area contributed by atoms with Gasteiger partial charge in [-0.05, 0) is 18.1 Å². The fourth-order valence-corrected chi connectivity index (χ4v) is 3.80. The van der Waals surface area contributed by atoms with Crippen molar-refractivity contribution >= 4 is 17.5 Å². The van der Waals surface area contributed by atoms with Crippen LogP contribution in [0.15, 0.2) is 73.1 Å². The van der Waals surface area contributed by atoms with Crippen LogP contribution in [0.2, 0.25) is 0 Å². The number of aromatic nitrogens is 2. The van der Waals surface area contributed by atoms with Crippen molar-refractivity contribution in [3.05, 3.63) is 84.2 Å². The van der Waals surface area contributed by atoms with Crippen molar-refractivity contribution in [1.29, 1.82) is 0 Å². The standard InChI is InChI=1S/C24H27N5O2/c1-18-24(31)28(16-19-8-4-2-5-9-19)12-13-29(18)23-14-22(26-17-27-23)25-15-21(30)20-10-6-3-7-11-20/h2-11,14,17-18,21,30H,12-13,15-16H2,1H3,(H,25,26,27). The number of hydrogen-bond donors (Lipinski definition) is 2. The number of carbonyl (C=O) groups excluding carboxylic acids is 1. The molecule has 31 heavy (non-hydrogen) atoms. The molecule has 1 saturated heterocycles. The number of piperazine rings is 1. The number of carbonyl (C=O) groups is 1. The average Bonchev–Trinajstić information content (AvgIpc) is 2.82. The highest BCUT2D eigenvalue weighted by Crippen LogP contribution is 2.22. The number of rotatable bonds is 7. The summed E-state index contributed by atoms with van der Waals surface area (Å²) < 4.78 is 0. The summed E-state index contributed by atoms with van der Waals surface area (Å²) in [5.41, 5.74) is 1.97. The molecule has 1 aliphatic heterocycles. The quantitative estimate of drug-likeness (QED) is 0.615. The normalized spacial score (nSPS) is 17.5. The Morgan fingerprint density at radius 1 is 1.06 bits per heavy atom. The summed E-state index contributed by atoms with van der Waals surface area (Å²) in [4.78, 5) is 25.5. The molecule has 2 unspecified atom stereocenters. The Hall–Kier alpha value is -3.45. The predicted octanol–water partition coefficient (Wildman–Crippen LogP) is 2.86. The lowest BCUT2D eigenvalue weighted by atomic mass is 10.1. The van der Waals surface area contributed by atoms with E-state index in [-0.39, 0.29) is 11.9 Å². The third-order valence-electron chi connectivity index (χ3n) is 5.57. The lowest BCUT2D eigenvalue weighted by Gasteiger charge is -2.39. The molecule has 0 saturated carbocycles. The van der Waals surface area contributed by atoms with Gasteiger partial charge in [0.15, 0.2) is 0 Å². The average molecular weight is 418 g/mol. The summed E-state index contributed by atoms with van der Waals surface area (Å²) in [6.45, 7) is 4.19. The molecule has 1 aromatic heterocycles. The van der Waals surface area contributed by atoms with E-state index >= 15 is 0 Å². The fourth-order valence-electron chi connectivity index (χ4n) is 3.80. The Morgan fingerprint density at radius 2 is 1.77 bits per heavy atom. The molecule has 160 valence electrons. The smallest absolute Gasteiger partial charge is 0.245 e. The Labute approximate surface area is 182 Å². The maximum absolute atomic E-state index is 13.0. The van der Waals surface area contributed by atoms with Crippen LogP contribution in [0.3, 0.4) is 0 Å². The molecular formula is C24H27N5O2. The van der Waals surface area contributed by atoms with Crippen LogP contribution in [-0.2, 0) is 11.3 Å². The van der Waals surface area contributed by atoms with Crippen molar-refractivity contribution in [2.24, 2.45) is 0 Å². The van der Waals surface area contributed by atoms with Crippen molar-refractivity contribution in [1.82, 2.24) is 14.9 Å². The molecule has 1 fully saturated rings. The Kier molecular flexibility index (Phi) is 6.43. The fraction of sp³-hybridized carbons (Fsp3) is 0.292. The number of nitrogens with zero attached hydrogens (tertiary/aromatic N) is 4. The van der Waals surface area contributed by atoms with E-state index in [0.29, 0.717) is 37.8 Å². The highest BCUT2D eigenvalue weighted by molar-refractivity contribution is 5.86. The van der Waals surface area contributed by atoms with Crippen LogP contribution < -0.4 is 10.2 Å². The van der Waals surface area contributed by atoms with Crippen molar-refractivity contribution in [2.75, 3.05) is 29.9 Å². The van der Waals surface area contributed by atoms with Crippen molar-refractivity contribution in [3.63, 3.8) is 0 Å². The van der Waals surface area contributed by atoms with Crippen LogP contribution in [0.4, 0.5) is 11.6 Å². The van der Waals surface area contributed by atoms with Crippen LogP contribution >= 0.6 is 0 Å². The summed E-state index contributed by atoms with van der Waals surface area (Å²) in [7, 11) is 0. The predicted molar refractivity (Wildman–Crippen MR) is 121 cm³/mol. The summed E-state index contributed by atoms with van der Waals surface area (Å²) in [6, 6.07) is 21.0. The molecule has 1 amide bonds. The molecular weight excluding hydrogens is 390 g/mol. The molecule has 0 aliphatic carbocycles. The Balaban J connectivity index is 1.39. The van der Waals surface area contributed by atoms with Crippen LogP contribution in [0.5, 0.6) is 0 Å². The largest absolute Gasteiger partial charge is 0.387 e. The minimum absolute atomic E-state index is 0.0859. The van der Waals surface area contributed by atoms with E-state index in [1.807, 2.05) is 83.5 Å². The molecule has 7 heteroatoms. The maximum Gasteiger partial charge on any atom is 0.245 e. The highest BCUT2D eigenvalue weighted by Gasteiger charge is 2.32. The van der Waals surface area contributed by atoms with Crippen molar-refractivity contribution in [3.8, 4) is 0 Å². The van der Waals surface area contributed by atoms with E-state index in [1.54, 1.807) is 0 Å². The first kappa shape index (κ1) is 20.8. The molecule has 0 radical (unpaired) electrons. The molecule has 3 aromatic rings. The summed E-state index contributed by atoms with van der Waals surface area (Å²) >= 11 is 0. The Morgan fingerprint density at radius 3 is 2.52 bits per heavy atom. The van der Waals surface area contributed by atoms with Crippen molar-refractivity contribution in [2.45, 2.75) is 25.6 Å². The van der Waals surface area contributed by atoms with Gasteiger partial charge in [0.2, 0.25) is 5.91 Å². The third-order valence-corrected chi connectivity index (χ3v) is 5.57. The van der Waals surface area contributed by atoms with Gasteiger partial charge < -0.3 is 20.2 Å². The van der Waals surface area contributed by atoms with Gasteiger partial charge >= 0.3 is 0 Å². The zero-order chi connectivity index (χ0) is 21.6. The number of aliphatic hydroxyl groups excluding tert-OH is 1. The number of anilines is 2. The highest BCUT2D eigenvalue weighted by atomic mass is 16.3. The number of benzene rings is 2. The zero-order valence-corrected chi connectivity index (χ0v) is 17.6. The zero-order valence-electron chi connectivity index (χ0n) is 17.6. The van der Waals surface area contributed by atoms with E-state index in [2.05, 4.69) is 15.3 Å². The van der Waals surface area contributed by atoms with Gasteiger partial charge in [0, 0.05) is 32.2 Å². The van der Waals surface area contributed by atoms with Crippen molar-refractivity contribution < 1.29 is 9.90 Å². The third kappa shape index (κ3) is 5.00. The van der Waals surface area contributed by atoms with Gasteiger partial charge in [-0.1, -0.05) is 60.7 Å². The number of amides is 1. The first-order valence-corrected chi connectivity index (χ1v) is 10.5. The van der Waals surface area contributed by atoms with Gasteiger partial charge in [-0.25, -0.2) is 9.97 Å². The lowest BCUT2D eigenvalue weighted by Crippen LogP contribution is -2.55. The van der Waals surface area contributed by atoms with Gasteiger partial charge in [-0.2, -0.15) is 0 Å². The van der Waals surface area contributed by atoms with E-state index in [0.717, 1.165) is 11.1 Å². The van der Waals surface area contributed by atoms with Crippen LogP contribution in [0.1, 0.15) is 24.2 Å². The SMILES string of the molecule is CC1C(=O)N(Cc2ccccc2)CCN1c1cc(NCC(O)c2ccccc2)ncn1. The first-order chi connectivity index (χ1) is 15.1. The topological polar surface area (TPSA) is 81.6 Å². The number of aliphatic hydroxyl groups is 1.